The first-order valence-corrected chi connectivity index (χ1v) is 11.0. The SMILES string of the molecule is CCOc1ccc(NS(=O)(=O)c2cccc(C(=O)Nc3cccc(C(C)=O)c3)c2)cc1. The van der Waals surface area contributed by atoms with Gasteiger partial charge in [-0.2, -0.15) is 0 Å². The summed E-state index contributed by atoms with van der Waals surface area (Å²) in [4.78, 5) is 24.1. The number of Topliss-reactive ketones (excluding diaryl/α,β-unsaturated/α-hetero) is 1. The fourth-order valence-electron chi connectivity index (χ4n) is 2.82. The highest BCUT2D eigenvalue weighted by molar-refractivity contribution is 7.92. The number of nitrogens with one attached hydrogen (secondary N) is 2. The molecule has 160 valence electrons. The number of carbonyl (C=O) groups excluding carboxylic acids is 2. The molecule has 3 rings (SSSR count). The van der Waals surface area contributed by atoms with Crippen molar-refractivity contribution in [1.29, 1.82) is 0 Å². The molecule has 0 aliphatic rings. The molecule has 0 aliphatic heterocycles. The monoisotopic (exact) mass is 438 g/mol. The molecule has 3 aromatic rings. The molecule has 2 N–H and O–H groups in total. The lowest BCUT2D eigenvalue weighted by Crippen LogP contribution is -2.16. The largest absolute Gasteiger partial charge is 0.494 e. The number of anilines is 2. The standard InChI is InChI=1S/C23H22N2O5S/c1-3-30-21-12-10-19(11-13-21)25-31(28,29)22-9-5-7-18(15-22)23(27)24-20-8-4-6-17(14-20)16(2)26/h4-15,25H,3H2,1-2H3,(H,24,27). The van der Waals surface area contributed by atoms with E-state index in [2.05, 4.69) is 10.0 Å². The van der Waals surface area contributed by atoms with E-state index in [1.807, 2.05) is 6.92 Å². The molecule has 0 atom stereocenters. The van der Waals surface area contributed by atoms with Crippen LogP contribution in [-0.2, 0) is 10.0 Å². The van der Waals surface area contributed by atoms with Gasteiger partial charge in [0.25, 0.3) is 15.9 Å². The summed E-state index contributed by atoms with van der Waals surface area (Å²) in [5.41, 5.74) is 1.45. The van der Waals surface area contributed by atoms with Crippen molar-refractivity contribution >= 4 is 33.1 Å². The Bertz CT molecular complexity index is 1200. The van der Waals surface area contributed by atoms with Crippen molar-refractivity contribution in [2.75, 3.05) is 16.6 Å². The van der Waals surface area contributed by atoms with Crippen LogP contribution in [0.3, 0.4) is 0 Å². The van der Waals surface area contributed by atoms with Gasteiger partial charge in [0.1, 0.15) is 5.75 Å². The van der Waals surface area contributed by atoms with Gasteiger partial charge in [-0.1, -0.05) is 18.2 Å². The van der Waals surface area contributed by atoms with E-state index in [4.69, 9.17) is 4.74 Å². The van der Waals surface area contributed by atoms with E-state index in [1.54, 1.807) is 48.5 Å². The first-order chi connectivity index (χ1) is 14.8. The summed E-state index contributed by atoms with van der Waals surface area (Å²) < 4.78 is 33.3. The van der Waals surface area contributed by atoms with Crippen molar-refractivity contribution in [3.8, 4) is 5.75 Å². The van der Waals surface area contributed by atoms with Gasteiger partial charge in [0, 0.05) is 22.5 Å². The molecule has 0 bridgehead atoms. The predicted molar refractivity (Wildman–Crippen MR) is 119 cm³/mol. The fraction of sp³-hybridized carbons (Fsp3) is 0.130. The van der Waals surface area contributed by atoms with Crippen LogP contribution < -0.4 is 14.8 Å². The normalized spacial score (nSPS) is 10.9. The number of hydrogen-bond donors (Lipinski definition) is 2. The zero-order valence-electron chi connectivity index (χ0n) is 17.1. The minimum atomic E-state index is -3.90. The Kier molecular flexibility index (Phi) is 6.71. The zero-order valence-corrected chi connectivity index (χ0v) is 17.9. The molecule has 0 aliphatic carbocycles. The van der Waals surface area contributed by atoms with Gasteiger partial charge in [-0.25, -0.2) is 8.42 Å². The Morgan fingerprint density at radius 1 is 0.871 bits per heavy atom. The molecule has 31 heavy (non-hydrogen) atoms. The van der Waals surface area contributed by atoms with Crippen molar-refractivity contribution in [3.63, 3.8) is 0 Å². The van der Waals surface area contributed by atoms with Gasteiger partial charge in [-0.05, 0) is 68.4 Å². The van der Waals surface area contributed by atoms with Crippen LogP contribution in [0.25, 0.3) is 0 Å². The minimum absolute atomic E-state index is 0.0495. The van der Waals surface area contributed by atoms with E-state index in [1.165, 1.54) is 31.2 Å². The van der Waals surface area contributed by atoms with Crippen molar-refractivity contribution in [3.05, 3.63) is 83.9 Å². The van der Waals surface area contributed by atoms with E-state index >= 15 is 0 Å². The number of amides is 1. The fourth-order valence-corrected chi connectivity index (χ4v) is 3.93. The molecule has 0 fully saturated rings. The summed E-state index contributed by atoms with van der Waals surface area (Å²) in [5, 5.41) is 2.68. The maximum absolute atomic E-state index is 12.8. The number of ether oxygens (including phenoxy) is 1. The van der Waals surface area contributed by atoms with Crippen LogP contribution in [0.5, 0.6) is 5.75 Å². The summed E-state index contributed by atoms with van der Waals surface area (Å²) in [7, 11) is -3.90. The maximum Gasteiger partial charge on any atom is 0.261 e. The third-order valence-electron chi connectivity index (χ3n) is 4.35. The molecular weight excluding hydrogens is 416 g/mol. The maximum atomic E-state index is 12.8. The van der Waals surface area contributed by atoms with Crippen LogP contribution in [-0.4, -0.2) is 26.7 Å². The molecule has 0 heterocycles. The Morgan fingerprint density at radius 2 is 1.55 bits per heavy atom. The van der Waals surface area contributed by atoms with Crippen LogP contribution >= 0.6 is 0 Å². The van der Waals surface area contributed by atoms with E-state index in [-0.39, 0.29) is 16.2 Å². The second-order valence-corrected chi connectivity index (χ2v) is 8.36. The average molecular weight is 439 g/mol. The highest BCUT2D eigenvalue weighted by Gasteiger charge is 2.17. The van der Waals surface area contributed by atoms with E-state index < -0.39 is 15.9 Å². The second-order valence-electron chi connectivity index (χ2n) is 6.68. The van der Waals surface area contributed by atoms with Gasteiger partial charge in [0.15, 0.2) is 5.78 Å². The molecule has 7 nitrogen and oxygen atoms in total. The number of sulfonamides is 1. The van der Waals surface area contributed by atoms with Gasteiger partial charge in [-0.15, -0.1) is 0 Å². The summed E-state index contributed by atoms with van der Waals surface area (Å²) >= 11 is 0. The number of hydrogen-bond acceptors (Lipinski definition) is 5. The molecule has 0 unspecified atom stereocenters. The number of benzene rings is 3. The van der Waals surface area contributed by atoms with Crippen molar-refractivity contribution in [2.24, 2.45) is 0 Å². The summed E-state index contributed by atoms with van der Waals surface area (Å²) in [6.07, 6.45) is 0. The summed E-state index contributed by atoms with van der Waals surface area (Å²) in [6, 6.07) is 18.8. The van der Waals surface area contributed by atoms with Gasteiger partial charge in [0.05, 0.1) is 11.5 Å². The first kappa shape index (κ1) is 22.0. The Balaban J connectivity index is 1.77. The van der Waals surface area contributed by atoms with Crippen molar-refractivity contribution in [2.45, 2.75) is 18.7 Å². The van der Waals surface area contributed by atoms with E-state index in [9.17, 15) is 18.0 Å². The van der Waals surface area contributed by atoms with Crippen molar-refractivity contribution < 1.29 is 22.7 Å². The smallest absolute Gasteiger partial charge is 0.261 e. The van der Waals surface area contributed by atoms with Gasteiger partial charge >= 0.3 is 0 Å². The van der Waals surface area contributed by atoms with Crippen LogP contribution in [0.1, 0.15) is 34.6 Å². The third kappa shape index (κ3) is 5.70. The quantitative estimate of drug-likeness (QED) is 0.510. The van der Waals surface area contributed by atoms with E-state index in [0.717, 1.165) is 0 Å². The third-order valence-corrected chi connectivity index (χ3v) is 5.73. The lowest BCUT2D eigenvalue weighted by Gasteiger charge is -2.11. The second kappa shape index (κ2) is 9.44. The minimum Gasteiger partial charge on any atom is -0.494 e. The Morgan fingerprint density at radius 3 is 2.23 bits per heavy atom. The van der Waals surface area contributed by atoms with E-state index in [0.29, 0.717) is 29.3 Å². The molecule has 0 aromatic heterocycles. The van der Waals surface area contributed by atoms with Gasteiger partial charge in [0.2, 0.25) is 0 Å². The molecular formula is C23H22N2O5S. The van der Waals surface area contributed by atoms with Crippen LogP contribution in [0.4, 0.5) is 11.4 Å². The molecule has 1 amide bonds. The first-order valence-electron chi connectivity index (χ1n) is 9.56. The van der Waals surface area contributed by atoms with Crippen LogP contribution in [0.2, 0.25) is 0 Å². The Hall–Kier alpha value is -3.65. The summed E-state index contributed by atoms with van der Waals surface area (Å²) in [5.74, 6) is 0.0290. The topological polar surface area (TPSA) is 102 Å². The highest BCUT2D eigenvalue weighted by Crippen LogP contribution is 2.21. The molecule has 8 heteroatoms. The summed E-state index contributed by atoms with van der Waals surface area (Å²) in [6.45, 7) is 3.81. The number of rotatable bonds is 8. The van der Waals surface area contributed by atoms with Crippen LogP contribution in [0.15, 0.2) is 77.7 Å². The lowest BCUT2D eigenvalue weighted by molar-refractivity contribution is 0.101. The lowest BCUT2D eigenvalue weighted by atomic mass is 10.1. The predicted octanol–water partition coefficient (Wildman–Crippen LogP) is 4.34. The number of ketones is 1. The molecule has 0 saturated carbocycles. The number of carbonyl (C=O) groups is 2. The average Bonchev–Trinajstić information content (AvgIpc) is 2.75. The van der Waals surface area contributed by atoms with Gasteiger partial charge in [-0.3, -0.25) is 14.3 Å². The molecule has 0 spiro atoms. The molecule has 0 radical (unpaired) electrons. The van der Waals surface area contributed by atoms with Crippen LogP contribution in [0, 0.1) is 0 Å². The Labute approximate surface area is 181 Å². The van der Waals surface area contributed by atoms with Gasteiger partial charge < -0.3 is 10.1 Å². The zero-order chi connectivity index (χ0) is 22.4. The van der Waals surface area contributed by atoms with Crippen molar-refractivity contribution in [1.82, 2.24) is 0 Å². The highest BCUT2D eigenvalue weighted by atomic mass is 32.2. The molecule has 0 saturated heterocycles. The molecule has 3 aromatic carbocycles.